The molecular weight excluding hydrogens is 350 g/mol. The normalized spacial score (nSPS) is 11.7. The van der Waals surface area contributed by atoms with E-state index in [-0.39, 0.29) is 11.5 Å². The van der Waals surface area contributed by atoms with E-state index in [1.807, 2.05) is 24.3 Å². The molecule has 4 rings (SSSR count). The summed E-state index contributed by atoms with van der Waals surface area (Å²) in [6, 6.07) is 25.1. The molecule has 5 heteroatoms. The van der Waals surface area contributed by atoms with Gasteiger partial charge in [-0.2, -0.15) is 5.26 Å². The van der Waals surface area contributed by atoms with Gasteiger partial charge in [0.05, 0.1) is 17.1 Å². The van der Waals surface area contributed by atoms with Crippen molar-refractivity contribution >= 4 is 16.8 Å². The fraction of sp³-hybridized carbons (Fsp3) is 0.0435. The summed E-state index contributed by atoms with van der Waals surface area (Å²) >= 11 is 0. The Morgan fingerprint density at radius 2 is 1.61 bits per heavy atom. The predicted octanol–water partition coefficient (Wildman–Crippen LogP) is 3.81. The fourth-order valence-corrected chi connectivity index (χ4v) is 3.13. The first-order valence-electron chi connectivity index (χ1n) is 8.75. The van der Waals surface area contributed by atoms with E-state index in [2.05, 4.69) is 16.0 Å². The van der Waals surface area contributed by atoms with Crippen LogP contribution in [0.15, 0.2) is 83.7 Å². The Morgan fingerprint density at radius 1 is 0.929 bits per heavy atom. The van der Waals surface area contributed by atoms with Crippen molar-refractivity contribution in [3.63, 3.8) is 0 Å². The van der Waals surface area contributed by atoms with Crippen molar-refractivity contribution in [1.29, 1.82) is 5.26 Å². The number of H-pyrrole nitrogens is 1. The Morgan fingerprint density at radius 3 is 2.29 bits per heavy atom. The molecule has 1 atom stereocenters. The summed E-state index contributed by atoms with van der Waals surface area (Å²) in [6.07, 6.45) is 0. The summed E-state index contributed by atoms with van der Waals surface area (Å²) in [5.41, 5.74) is 2.42. The number of nitriles is 1. The van der Waals surface area contributed by atoms with Gasteiger partial charge in [0.2, 0.25) is 0 Å². The molecule has 0 radical (unpaired) electrons. The van der Waals surface area contributed by atoms with Crippen molar-refractivity contribution in [3.8, 4) is 6.07 Å². The number of ketones is 1. The molecule has 0 saturated carbocycles. The molecule has 1 aromatic heterocycles. The first-order chi connectivity index (χ1) is 13.7. The van der Waals surface area contributed by atoms with Crippen LogP contribution in [0.25, 0.3) is 11.0 Å². The van der Waals surface area contributed by atoms with E-state index < -0.39 is 11.5 Å². The zero-order valence-corrected chi connectivity index (χ0v) is 14.8. The molecule has 4 aromatic rings. The minimum absolute atomic E-state index is 0.116. The third-order valence-electron chi connectivity index (χ3n) is 4.55. The van der Waals surface area contributed by atoms with Gasteiger partial charge in [0, 0.05) is 11.1 Å². The molecule has 5 nitrogen and oxygen atoms in total. The van der Waals surface area contributed by atoms with Crippen LogP contribution in [-0.2, 0) is 0 Å². The van der Waals surface area contributed by atoms with Crippen LogP contribution in [0.5, 0.6) is 0 Å². The quantitative estimate of drug-likeness (QED) is 0.557. The molecule has 0 amide bonds. The SMILES string of the molecule is N#C[C@@H](c1ccccc1)c1nc2cc(C(=O)c3ccccc3)ccc2[nH]c1=O. The molecule has 0 bridgehead atoms. The summed E-state index contributed by atoms with van der Waals surface area (Å²) in [6.45, 7) is 0. The van der Waals surface area contributed by atoms with Crippen LogP contribution in [-0.4, -0.2) is 15.8 Å². The van der Waals surface area contributed by atoms with Gasteiger partial charge in [0.25, 0.3) is 5.56 Å². The van der Waals surface area contributed by atoms with E-state index in [1.165, 1.54) is 0 Å². The van der Waals surface area contributed by atoms with E-state index >= 15 is 0 Å². The van der Waals surface area contributed by atoms with Crippen LogP contribution in [0.4, 0.5) is 0 Å². The molecule has 0 spiro atoms. The van der Waals surface area contributed by atoms with Crippen molar-refractivity contribution in [3.05, 3.63) is 112 Å². The largest absolute Gasteiger partial charge is 0.319 e. The standard InChI is InChI=1S/C23H15N3O2/c24-14-18(15-7-3-1-4-8-15)21-23(28)26-19-12-11-17(13-20(19)25-21)22(27)16-9-5-2-6-10-16/h1-13,18H,(H,26,28)/t18-/m0/s1. The number of benzene rings is 3. The maximum Gasteiger partial charge on any atom is 0.271 e. The van der Waals surface area contributed by atoms with Crippen LogP contribution >= 0.6 is 0 Å². The van der Waals surface area contributed by atoms with Crippen LogP contribution in [0.2, 0.25) is 0 Å². The molecule has 0 saturated heterocycles. The number of fused-ring (bicyclic) bond motifs is 1. The predicted molar refractivity (Wildman–Crippen MR) is 106 cm³/mol. The highest BCUT2D eigenvalue weighted by Crippen LogP contribution is 2.22. The van der Waals surface area contributed by atoms with Crippen molar-refractivity contribution in [2.75, 3.05) is 0 Å². The average Bonchev–Trinajstić information content (AvgIpc) is 2.75. The summed E-state index contributed by atoms with van der Waals surface area (Å²) in [4.78, 5) is 32.4. The molecule has 1 N–H and O–H groups in total. The first kappa shape index (κ1) is 17.4. The Bertz CT molecular complexity index is 1260. The molecule has 28 heavy (non-hydrogen) atoms. The number of rotatable bonds is 4. The number of aromatic nitrogens is 2. The topological polar surface area (TPSA) is 86.6 Å². The molecule has 0 aliphatic carbocycles. The van der Waals surface area contributed by atoms with Gasteiger partial charge in [-0.3, -0.25) is 9.59 Å². The second-order valence-corrected chi connectivity index (χ2v) is 6.35. The van der Waals surface area contributed by atoms with E-state index in [0.717, 1.165) is 0 Å². The molecule has 0 aliphatic rings. The van der Waals surface area contributed by atoms with E-state index in [9.17, 15) is 14.9 Å². The van der Waals surface area contributed by atoms with Gasteiger partial charge in [-0.15, -0.1) is 0 Å². The minimum atomic E-state index is -0.789. The monoisotopic (exact) mass is 365 g/mol. The lowest BCUT2D eigenvalue weighted by atomic mass is 9.97. The molecule has 0 unspecified atom stereocenters. The number of nitrogens with zero attached hydrogens (tertiary/aromatic N) is 2. The molecule has 134 valence electrons. The number of nitrogens with one attached hydrogen (secondary N) is 1. The second kappa shape index (κ2) is 7.29. The highest BCUT2D eigenvalue weighted by Gasteiger charge is 2.20. The molecule has 0 fully saturated rings. The summed E-state index contributed by atoms with van der Waals surface area (Å²) in [5, 5.41) is 9.62. The van der Waals surface area contributed by atoms with Gasteiger partial charge in [-0.05, 0) is 23.8 Å². The van der Waals surface area contributed by atoms with Crippen LogP contribution < -0.4 is 5.56 Å². The van der Waals surface area contributed by atoms with Crippen molar-refractivity contribution in [2.24, 2.45) is 0 Å². The summed E-state index contributed by atoms with van der Waals surface area (Å²) in [7, 11) is 0. The minimum Gasteiger partial charge on any atom is -0.319 e. The number of aromatic amines is 1. The Balaban J connectivity index is 1.82. The zero-order chi connectivity index (χ0) is 19.5. The highest BCUT2D eigenvalue weighted by atomic mass is 16.1. The van der Waals surface area contributed by atoms with E-state index in [4.69, 9.17) is 0 Å². The summed E-state index contributed by atoms with van der Waals surface area (Å²) < 4.78 is 0. The Labute approximate surface area is 160 Å². The molecule has 0 aliphatic heterocycles. The third-order valence-corrected chi connectivity index (χ3v) is 4.55. The van der Waals surface area contributed by atoms with Gasteiger partial charge < -0.3 is 4.98 Å². The maximum atomic E-state index is 12.7. The second-order valence-electron chi connectivity index (χ2n) is 6.35. The lowest BCUT2D eigenvalue weighted by Gasteiger charge is -2.10. The number of hydrogen-bond acceptors (Lipinski definition) is 4. The zero-order valence-electron chi connectivity index (χ0n) is 14.8. The number of hydrogen-bond donors (Lipinski definition) is 1. The van der Waals surface area contributed by atoms with E-state index in [1.54, 1.807) is 54.6 Å². The van der Waals surface area contributed by atoms with Gasteiger partial charge >= 0.3 is 0 Å². The maximum absolute atomic E-state index is 12.7. The number of carbonyl (C=O) groups is 1. The third kappa shape index (κ3) is 3.19. The van der Waals surface area contributed by atoms with Crippen molar-refractivity contribution in [1.82, 2.24) is 9.97 Å². The lowest BCUT2D eigenvalue weighted by molar-refractivity contribution is 0.103. The lowest BCUT2D eigenvalue weighted by Crippen LogP contribution is -2.19. The molecule has 1 heterocycles. The first-order valence-corrected chi connectivity index (χ1v) is 8.75. The van der Waals surface area contributed by atoms with E-state index in [0.29, 0.717) is 27.7 Å². The summed E-state index contributed by atoms with van der Waals surface area (Å²) in [5.74, 6) is -0.917. The van der Waals surface area contributed by atoms with Gasteiger partial charge in [0.15, 0.2) is 5.78 Å². The van der Waals surface area contributed by atoms with Crippen LogP contribution in [0.3, 0.4) is 0 Å². The van der Waals surface area contributed by atoms with Gasteiger partial charge in [-0.25, -0.2) is 4.98 Å². The van der Waals surface area contributed by atoms with Gasteiger partial charge in [-0.1, -0.05) is 60.7 Å². The van der Waals surface area contributed by atoms with Crippen molar-refractivity contribution < 1.29 is 4.79 Å². The molecular formula is C23H15N3O2. The average molecular weight is 365 g/mol. The highest BCUT2D eigenvalue weighted by molar-refractivity contribution is 6.10. The smallest absolute Gasteiger partial charge is 0.271 e. The van der Waals surface area contributed by atoms with Crippen molar-refractivity contribution in [2.45, 2.75) is 5.92 Å². The molecule has 3 aromatic carbocycles. The number of carbonyl (C=O) groups excluding carboxylic acids is 1. The Kier molecular flexibility index (Phi) is 4.53. The van der Waals surface area contributed by atoms with Crippen LogP contribution in [0.1, 0.15) is 33.1 Å². The Hall–Kier alpha value is -4.04. The fourth-order valence-electron chi connectivity index (χ4n) is 3.13. The van der Waals surface area contributed by atoms with Gasteiger partial charge in [0.1, 0.15) is 11.6 Å². The van der Waals surface area contributed by atoms with Crippen LogP contribution in [0, 0.1) is 11.3 Å².